The van der Waals surface area contributed by atoms with Crippen LogP contribution < -0.4 is 5.32 Å². The molecule has 1 N–H and O–H groups in total. The van der Waals surface area contributed by atoms with Crippen molar-refractivity contribution in [2.45, 2.75) is 45.4 Å². The van der Waals surface area contributed by atoms with Crippen molar-refractivity contribution in [1.29, 1.82) is 0 Å². The second-order valence-corrected chi connectivity index (χ2v) is 7.80. The number of nitrogens with one attached hydrogen (secondary N) is 1. The molecule has 0 bridgehead atoms. The Morgan fingerprint density at radius 3 is 2.85 bits per heavy atom. The number of alkyl carbamates (subject to hydrolysis) is 1. The van der Waals surface area contributed by atoms with Gasteiger partial charge in [-0.2, -0.15) is 0 Å². The van der Waals surface area contributed by atoms with Gasteiger partial charge in [0.25, 0.3) is 0 Å². The molecule has 6 nitrogen and oxygen atoms in total. The maximum atomic E-state index is 12.5. The molecular weight excluding hydrogens is 354 g/mol. The topological polar surface area (TPSA) is 71.5 Å². The molecule has 1 aliphatic rings. The number of carbonyl (C=O) groups excluding carboxylic acids is 2. The zero-order valence-electron chi connectivity index (χ0n) is 15.1. The molecule has 1 aromatic heterocycles. The standard InChI is InChI=1S/C19H22ClN3O3/c1-19(2,3)26-18(25)22-15-8-9-23(17(15)24)11-12-4-6-14-13(10-12)5-7-16(20)21-14/h4-7,10,15H,8-9,11H2,1-3H3,(H,22,25)/t15-/m0/s1. The highest BCUT2D eigenvalue weighted by molar-refractivity contribution is 6.29. The third-order valence-corrected chi connectivity index (χ3v) is 4.29. The van der Waals surface area contributed by atoms with E-state index in [4.69, 9.17) is 16.3 Å². The van der Waals surface area contributed by atoms with Gasteiger partial charge in [-0.1, -0.05) is 17.7 Å². The number of ether oxygens (including phenoxy) is 1. The van der Waals surface area contributed by atoms with Crippen LogP contribution in [0, 0.1) is 0 Å². The van der Waals surface area contributed by atoms with E-state index in [0.717, 1.165) is 16.5 Å². The Bertz CT molecular complexity index is 848. The molecule has 1 aliphatic heterocycles. The molecule has 1 aromatic carbocycles. The molecule has 26 heavy (non-hydrogen) atoms. The first kappa shape index (κ1) is 18.5. The van der Waals surface area contributed by atoms with E-state index in [-0.39, 0.29) is 5.91 Å². The third-order valence-electron chi connectivity index (χ3n) is 4.08. The summed E-state index contributed by atoms with van der Waals surface area (Å²) in [5.74, 6) is -0.0924. The lowest BCUT2D eigenvalue weighted by Crippen LogP contribution is -2.43. The number of fused-ring (bicyclic) bond motifs is 1. The fraction of sp³-hybridized carbons (Fsp3) is 0.421. The summed E-state index contributed by atoms with van der Waals surface area (Å²) in [4.78, 5) is 30.4. The molecule has 1 saturated heterocycles. The number of carbonyl (C=O) groups is 2. The first-order chi connectivity index (χ1) is 12.2. The number of rotatable bonds is 3. The van der Waals surface area contributed by atoms with E-state index in [1.807, 2.05) is 24.3 Å². The molecule has 0 aliphatic carbocycles. The molecule has 1 atom stereocenters. The lowest BCUT2D eigenvalue weighted by Gasteiger charge is -2.21. The van der Waals surface area contributed by atoms with Crippen molar-refractivity contribution < 1.29 is 14.3 Å². The summed E-state index contributed by atoms with van der Waals surface area (Å²) in [5, 5.41) is 4.09. The summed E-state index contributed by atoms with van der Waals surface area (Å²) in [6.45, 7) is 6.45. The summed E-state index contributed by atoms with van der Waals surface area (Å²) < 4.78 is 5.22. The van der Waals surface area contributed by atoms with Gasteiger partial charge in [-0.15, -0.1) is 0 Å². The highest BCUT2D eigenvalue weighted by Crippen LogP contribution is 2.20. The Hall–Kier alpha value is -2.34. The zero-order chi connectivity index (χ0) is 18.9. The quantitative estimate of drug-likeness (QED) is 0.833. The van der Waals surface area contributed by atoms with Gasteiger partial charge in [0.2, 0.25) is 5.91 Å². The summed E-state index contributed by atoms with van der Waals surface area (Å²) in [7, 11) is 0. The van der Waals surface area contributed by atoms with E-state index in [2.05, 4.69) is 10.3 Å². The summed E-state index contributed by atoms with van der Waals surface area (Å²) in [5.41, 5.74) is 1.24. The predicted octanol–water partition coefficient (Wildman–Crippen LogP) is 3.51. The van der Waals surface area contributed by atoms with Crippen LogP contribution in [-0.4, -0.2) is 40.1 Å². The number of benzene rings is 1. The molecule has 0 radical (unpaired) electrons. The molecule has 2 aromatic rings. The molecule has 0 saturated carbocycles. The van der Waals surface area contributed by atoms with Crippen LogP contribution in [0.1, 0.15) is 32.8 Å². The van der Waals surface area contributed by atoms with Crippen LogP contribution in [0.15, 0.2) is 30.3 Å². The van der Waals surface area contributed by atoms with Crippen molar-refractivity contribution in [1.82, 2.24) is 15.2 Å². The van der Waals surface area contributed by atoms with E-state index in [9.17, 15) is 9.59 Å². The van der Waals surface area contributed by atoms with Crippen molar-refractivity contribution >= 4 is 34.5 Å². The van der Waals surface area contributed by atoms with Gasteiger partial charge in [-0.3, -0.25) is 4.79 Å². The van der Waals surface area contributed by atoms with E-state index < -0.39 is 17.7 Å². The molecule has 7 heteroatoms. The first-order valence-corrected chi connectivity index (χ1v) is 8.92. The Morgan fingerprint density at radius 2 is 2.12 bits per heavy atom. The maximum Gasteiger partial charge on any atom is 0.408 e. The SMILES string of the molecule is CC(C)(C)OC(=O)N[C@H]1CCN(Cc2ccc3nc(Cl)ccc3c2)C1=O. The molecule has 138 valence electrons. The minimum atomic E-state index is -0.590. The molecule has 1 fully saturated rings. The Balaban J connectivity index is 1.63. The van der Waals surface area contributed by atoms with Crippen molar-refractivity contribution in [2.24, 2.45) is 0 Å². The van der Waals surface area contributed by atoms with Gasteiger partial charge in [0.15, 0.2) is 0 Å². The number of amides is 2. The van der Waals surface area contributed by atoms with Gasteiger partial charge in [0, 0.05) is 18.5 Å². The Morgan fingerprint density at radius 1 is 1.35 bits per heavy atom. The van der Waals surface area contributed by atoms with E-state index in [1.54, 1.807) is 31.7 Å². The highest BCUT2D eigenvalue weighted by atomic mass is 35.5. The molecule has 0 spiro atoms. The number of halogens is 1. The monoisotopic (exact) mass is 375 g/mol. The Kier molecular flexibility index (Phi) is 5.05. The lowest BCUT2D eigenvalue weighted by atomic mass is 10.1. The number of aromatic nitrogens is 1. The van der Waals surface area contributed by atoms with Gasteiger partial charge in [-0.05, 0) is 57.0 Å². The van der Waals surface area contributed by atoms with Crippen LogP contribution >= 0.6 is 11.6 Å². The van der Waals surface area contributed by atoms with Crippen molar-refractivity contribution in [3.05, 3.63) is 41.0 Å². The van der Waals surface area contributed by atoms with Gasteiger partial charge in [-0.25, -0.2) is 9.78 Å². The second kappa shape index (κ2) is 7.11. The molecule has 2 amide bonds. The van der Waals surface area contributed by atoms with E-state index >= 15 is 0 Å². The van der Waals surface area contributed by atoms with Gasteiger partial charge < -0.3 is 15.0 Å². The zero-order valence-corrected chi connectivity index (χ0v) is 15.8. The molecular formula is C19H22ClN3O3. The fourth-order valence-corrected chi connectivity index (χ4v) is 3.10. The van der Waals surface area contributed by atoms with Gasteiger partial charge in [0.05, 0.1) is 5.52 Å². The normalized spacial score (nSPS) is 17.6. The van der Waals surface area contributed by atoms with Crippen LogP contribution in [0.2, 0.25) is 5.15 Å². The van der Waals surface area contributed by atoms with Crippen LogP contribution in [0.25, 0.3) is 10.9 Å². The summed E-state index contributed by atoms with van der Waals surface area (Å²) in [6.07, 6.45) is 0.00869. The maximum absolute atomic E-state index is 12.5. The minimum absolute atomic E-state index is 0.0924. The average molecular weight is 376 g/mol. The number of hydrogen-bond donors (Lipinski definition) is 1. The smallest absolute Gasteiger partial charge is 0.408 e. The van der Waals surface area contributed by atoms with Crippen molar-refractivity contribution in [2.75, 3.05) is 6.54 Å². The van der Waals surface area contributed by atoms with Crippen LogP contribution in [-0.2, 0) is 16.1 Å². The molecule has 0 unspecified atom stereocenters. The predicted molar refractivity (Wildman–Crippen MR) is 99.9 cm³/mol. The largest absolute Gasteiger partial charge is 0.444 e. The third kappa shape index (κ3) is 4.43. The fourth-order valence-electron chi connectivity index (χ4n) is 2.95. The Labute approximate surface area is 157 Å². The second-order valence-electron chi connectivity index (χ2n) is 7.41. The summed E-state index contributed by atoms with van der Waals surface area (Å²) >= 11 is 5.90. The van der Waals surface area contributed by atoms with E-state index in [0.29, 0.717) is 24.7 Å². The molecule has 2 heterocycles. The van der Waals surface area contributed by atoms with E-state index in [1.165, 1.54) is 0 Å². The number of nitrogens with zero attached hydrogens (tertiary/aromatic N) is 2. The van der Waals surface area contributed by atoms with Gasteiger partial charge >= 0.3 is 6.09 Å². The van der Waals surface area contributed by atoms with Crippen molar-refractivity contribution in [3.63, 3.8) is 0 Å². The van der Waals surface area contributed by atoms with Crippen LogP contribution in [0.4, 0.5) is 4.79 Å². The lowest BCUT2D eigenvalue weighted by molar-refractivity contribution is -0.129. The summed E-state index contributed by atoms with van der Waals surface area (Å²) in [6, 6.07) is 8.95. The van der Waals surface area contributed by atoms with Crippen LogP contribution in [0.3, 0.4) is 0 Å². The number of hydrogen-bond acceptors (Lipinski definition) is 4. The average Bonchev–Trinajstić information content (AvgIpc) is 2.86. The molecule has 3 rings (SSSR count). The highest BCUT2D eigenvalue weighted by Gasteiger charge is 2.33. The number of likely N-dealkylation sites (tertiary alicyclic amines) is 1. The van der Waals surface area contributed by atoms with Crippen molar-refractivity contribution in [3.8, 4) is 0 Å². The number of pyridine rings is 1. The van der Waals surface area contributed by atoms with Crippen LogP contribution in [0.5, 0.6) is 0 Å². The van der Waals surface area contributed by atoms with Gasteiger partial charge in [0.1, 0.15) is 16.8 Å². The minimum Gasteiger partial charge on any atom is -0.444 e. The first-order valence-electron chi connectivity index (χ1n) is 8.55.